The van der Waals surface area contributed by atoms with Crippen molar-refractivity contribution in [3.63, 3.8) is 0 Å². The summed E-state index contributed by atoms with van der Waals surface area (Å²) < 4.78 is 11.2. The predicted molar refractivity (Wildman–Crippen MR) is 73.5 cm³/mol. The van der Waals surface area contributed by atoms with Crippen molar-refractivity contribution in [3.8, 4) is 17.6 Å². The lowest BCUT2D eigenvalue weighted by molar-refractivity contribution is 0.269. The number of aromatic nitrogens is 1. The minimum atomic E-state index is 0.407. The molecule has 2 rings (SSSR count). The first kappa shape index (κ1) is 13.4. The Balaban J connectivity index is 2.12. The average Bonchev–Trinajstić information content (AvgIpc) is 2.83. The number of hydrogen-bond donors (Lipinski definition) is 0. The highest BCUT2D eigenvalue weighted by Crippen LogP contribution is 2.29. The van der Waals surface area contributed by atoms with E-state index in [1.807, 2.05) is 19.2 Å². The Hall–Kier alpha value is -2.06. The SMILES string of the molecule is CCOc1cc(C#N)ccc1OCc1nc(C)cs1. The van der Waals surface area contributed by atoms with Crippen molar-refractivity contribution >= 4 is 11.3 Å². The van der Waals surface area contributed by atoms with Crippen molar-refractivity contribution in [1.82, 2.24) is 4.98 Å². The molecule has 1 heterocycles. The minimum Gasteiger partial charge on any atom is -0.490 e. The molecule has 0 aliphatic carbocycles. The van der Waals surface area contributed by atoms with E-state index >= 15 is 0 Å². The van der Waals surface area contributed by atoms with Crippen molar-refractivity contribution in [2.45, 2.75) is 20.5 Å². The van der Waals surface area contributed by atoms with E-state index in [2.05, 4.69) is 11.1 Å². The molecule has 0 radical (unpaired) electrons. The normalized spacial score (nSPS) is 9.95. The van der Waals surface area contributed by atoms with Gasteiger partial charge in [0.2, 0.25) is 0 Å². The van der Waals surface area contributed by atoms with Gasteiger partial charge in [0.1, 0.15) is 11.6 Å². The van der Waals surface area contributed by atoms with Crippen molar-refractivity contribution in [2.75, 3.05) is 6.61 Å². The highest BCUT2D eigenvalue weighted by Gasteiger charge is 2.08. The Bertz CT molecular complexity index is 602. The van der Waals surface area contributed by atoms with Crippen LogP contribution in [0.4, 0.5) is 0 Å². The second kappa shape index (κ2) is 6.21. The van der Waals surface area contributed by atoms with Gasteiger partial charge in [0, 0.05) is 17.1 Å². The van der Waals surface area contributed by atoms with E-state index in [0.29, 0.717) is 30.3 Å². The average molecular weight is 274 g/mol. The zero-order chi connectivity index (χ0) is 13.7. The van der Waals surface area contributed by atoms with Gasteiger partial charge in [-0.3, -0.25) is 0 Å². The maximum absolute atomic E-state index is 8.88. The lowest BCUT2D eigenvalue weighted by Gasteiger charge is -2.11. The van der Waals surface area contributed by atoms with E-state index in [1.54, 1.807) is 29.5 Å². The van der Waals surface area contributed by atoms with Crippen LogP contribution in [0, 0.1) is 18.3 Å². The molecular formula is C14H14N2O2S. The van der Waals surface area contributed by atoms with Crippen LogP contribution in [0.1, 0.15) is 23.2 Å². The lowest BCUT2D eigenvalue weighted by atomic mass is 10.2. The summed E-state index contributed by atoms with van der Waals surface area (Å²) in [7, 11) is 0. The number of ether oxygens (including phenoxy) is 2. The first-order valence-electron chi connectivity index (χ1n) is 5.93. The summed E-state index contributed by atoms with van der Waals surface area (Å²) in [5.74, 6) is 1.23. The Kier molecular flexibility index (Phi) is 4.37. The van der Waals surface area contributed by atoms with Crippen LogP contribution in [0.25, 0.3) is 0 Å². The summed E-state index contributed by atoms with van der Waals surface area (Å²) in [5, 5.41) is 11.8. The Morgan fingerprint density at radius 2 is 2.16 bits per heavy atom. The first-order chi connectivity index (χ1) is 9.22. The fourth-order valence-corrected chi connectivity index (χ4v) is 2.26. The van der Waals surface area contributed by atoms with Gasteiger partial charge in [-0.05, 0) is 26.0 Å². The molecule has 5 heteroatoms. The van der Waals surface area contributed by atoms with E-state index in [4.69, 9.17) is 14.7 Å². The summed E-state index contributed by atoms with van der Waals surface area (Å²) in [6, 6.07) is 7.24. The van der Waals surface area contributed by atoms with Crippen LogP contribution in [-0.4, -0.2) is 11.6 Å². The molecule has 19 heavy (non-hydrogen) atoms. The van der Waals surface area contributed by atoms with Crippen molar-refractivity contribution in [1.29, 1.82) is 5.26 Å². The van der Waals surface area contributed by atoms with Crippen LogP contribution in [-0.2, 0) is 6.61 Å². The minimum absolute atomic E-state index is 0.407. The third-order valence-electron chi connectivity index (χ3n) is 2.39. The molecule has 0 bridgehead atoms. The van der Waals surface area contributed by atoms with Crippen molar-refractivity contribution in [3.05, 3.63) is 39.8 Å². The molecule has 0 atom stereocenters. The largest absolute Gasteiger partial charge is 0.490 e. The summed E-state index contributed by atoms with van der Waals surface area (Å²) in [6.45, 7) is 4.78. The van der Waals surface area contributed by atoms with Gasteiger partial charge in [-0.2, -0.15) is 5.26 Å². The first-order valence-corrected chi connectivity index (χ1v) is 6.81. The molecule has 0 aliphatic heterocycles. The number of nitrogens with zero attached hydrogens (tertiary/aromatic N) is 2. The van der Waals surface area contributed by atoms with Crippen LogP contribution in [0.5, 0.6) is 11.5 Å². The van der Waals surface area contributed by atoms with E-state index < -0.39 is 0 Å². The Labute approximate surface area is 116 Å². The van der Waals surface area contributed by atoms with Crippen LogP contribution >= 0.6 is 11.3 Å². The zero-order valence-electron chi connectivity index (χ0n) is 10.8. The number of aryl methyl sites for hydroxylation is 1. The van der Waals surface area contributed by atoms with E-state index in [1.165, 1.54) is 0 Å². The number of hydrogen-bond acceptors (Lipinski definition) is 5. The van der Waals surface area contributed by atoms with Crippen molar-refractivity contribution < 1.29 is 9.47 Å². The smallest absolute Gasteiger partial charge is 0.162 e. The molecule has 0 saturated carbocycles. The molecule has 0 fully saturated rings. The second-order valence-corrected chi connectivity index (χ2v) is 4.82. The molecular weight excluding hydrogens is 260 g/mol. The van der Waals surface area contributed by atoms with Crippen molar-refractivity contribution in [2.24, 2.45) is 0 Å². The molecule has 0 amide bonds. The highest BCUT2D eigenvalue weighted by molar-refractivity contribution is 7.09. The third kappa shape index (κ3) is 3.46. The maximum atomic E-state index is 8.88. The van der Waals surface area contributed by atoms with E-state index in [9.17, 15) is 0 Å². The fourth-order valence-electron chi connectivity index (χ4n) is 1.57. The molecule has 0 saturated heterocycles. The Morgan fingerprint density at radius 1 is 1.32 bits per heavy atom. The van der Waals surface area contributed by atoms with Gasteiger partial charge in [-0.1, -0.05) is 0 Å². The molecule has 2 aromatic rings. The summed E-state index contributed by atoms with van der Waals surface area (Å²) in [5.41, 5.74) is 1.55. The lowest BCUT2D eigenvalue weighted by Crippen LogP contribution is -1.99. The quantitative estimate of drug-likeness (QED) is 0.839. The number of nitriles is 1. The third-order valence-corrected chi connectivity index (χ3v) is 3.33. The van der Waals surface area contributed by atoms with Gasteiger partial charge in [0.05, 0.1) is 18.2 Å². The topological polar surface area (TPSA) is 55.1 Å². The standard InChI is InChI=1S/C14H14N2O2S/c1-3-17-13-6-11(7-15)4-5-12(13)18-8-14-16-10(2)9-19-14/h4-6,9H,3,8H2,1-2H3. The molecule has 0 N–H and O–H groups in total. The molecule has 1 aromatic heterocycles. The van der Waals surface area contributed by atoms with Gasteiger partial charge < -0.3 is 9.47 Å². The van der Waals surface area contributed by atoms with Gasteiger partial charge >= 0.3 is 0 Å². The monoisotopic (exact) mass is 274 g/mol. The predicted octanol–water partition coefficient (Wildman–Crippen LogP) is 3.30. The number of rotatable bonds is 5. The van der Waals surface area contributed by atoms with Gasteiger partial charge in [0.25, 0.3) is 0 Å². The van der Waals surface area contributed by atoms with Gasteiger partial charge in [-0.25, -0.2) is 4.98 Å². The zero-order valence-corrected chi connectivity index (χ0v) is 11.7. The van der Waals surface area contributed by atoms with Gasteiger partial charge in [0.15, 0.2) is 11.5 Å². The molecule has 0 spiro atoms. The van der Waals surface area contributed by atoms with E-state index in [0.717, 1.165) is 10.7 Å². The molecule has 1 aromatic carbocycles. The van der Waals surface area contributed by atoms with Crippen LogP contribution in [0.3, 0.4) is 0 Å². The second-order valence-electron chi connectivity index (χ2n) is 3.88. The number of thiazole rings is 1. The Morgan fingerprint density at radius 3 is 2.79 bits per heavy atom. The van der Waals surface area contributed by atoms with E-state index in [-0.39, 0.29) is 0 Å². The molecule has 98 valence electrons. The molecule has 4 nitrogen and oxygen atoms in total. The summed E-state index contributed by atoms with van der Waals surface area (Å²) in [6.07, 6.45) is 0. The van der Waals surface area contributed by atoms with Gasteiger partial charge in [-0.15, -0.1) is 11.3 Å². The van der Waals surface area contributed by atoms with Crippen LogP contribution < -0.4 is 9.47 Å². The molecule has 0 unspecified atom stereocenters. The summed E-state index contributed by atoms with van der Waals surface area (Å²) >= 11 is 1.57. The number of benzene rings is 1. The maximum Gasteiger partial charge on any atom is 0.162 e. The van der Waals surface area contributed by atoms with Crippen LogP contribution in [0.2, 0.25) is 0 Å². The molecule has 0 aliphatic rings. The summed E-state index contributed by atoms with van der Waals surface area (Å²) in [4.78, 5) is 4.34. The highest BCUT2D eigenvalue weighted by atomic mass is 32.1. The fraction of sp³-hybridized carbons (Fsp3) is 0.286. The van der Waals surface area contributed by atoms with Crippen LogP contribution in [0.15, 0.2) is 23.6 Å².